The van der Waals surface area contributed by atoms with Crippen LogP contribution < -0.4 is 10.9 Å². The minimum atomic E-state index is -0.462. The number of amides is 1. The molecule has 0 aliphatic heterocycles. The number of carbonyl (C=O) groups is 1. The molecule has 0 saturated heterocycles. The summed E-state index contributed by atoms with van der Waals surface area (Å²) in [4.78, 5) is 28.1. The van der Waals surface area contributed by atoms with Crippen molar-refractivity contribution in [1.29, 1.82) is 0 Å². The molecule has 2 rings (SSSR count). The van der Waals surface area contributed by atoms with Gasteiger partial charge in [0.15, 0.2) is 4.96 Å². The number of hydrogen-bond acceptors (Lipinski definition) is 5. The van der Waals surface area contributed by atoms with Crippen molar-refractivity contribution < 1.29 is 9.90 Å². The topological polar surface area (TPSA) is 83.7 Å². The van der Waals surface area contributed by atoms with Crippen molar-refractivity contribution in [3.63, 3.8) is 0 Å². The van der Waals surface area contributed by atoms with Crippen molar-refractivity contribution in [2.75, 3.05) is 13.2 Å². The highest BCUT2D eigenvalue weighted by Crippen LogP contribution is 2.05. The third-order valence-electron chi connectivity index (χ3n) is 2.21. The highest BCUT2D eigenvalue weighted by atomic mass is 32.1. The van der Waals surface area contributed by atoms with E-state index in [0.29, 0.717) is 17.9 Å². The molecule has 0 aromatic carbocycles. The number of thiazole rings is 1. The van der Waals surface area contributed by atoms with Crippen molar-refractivity contribution in [3.8, 4) is 0 Å². The molecule has 0 radical (unpaired) electrons. The van der Waals surface area contributed by atoms with Crippen molar-refractivity contribution in [1.82, 2.24) is 14.7 Å². The van der Waals surface area contributed by atoms with Crippen LogP contribution in [0.5, 0.6) is 0 Å². The van der Waals surface area contributed by atoms with Gasteiger partial charge in [0.05, 0.1) is 0 Å². The number of hydrogen-bond donors (Lipinski definition) is 2. The molecule has 6 nitrogen and oxygen atoms in total. The van der Waals surface area contributed by atoms with Gasteiger partial charge in [0, 0.05) is 30.9 Å². The van der Waals surface area contributed by atoms with E-state index in [2.05, 4.69) is 10.3 Å². The van der Waals surface area contributed by atoms with Crippen LogP contribution in [-0.4, -0.2) is 33.6 Å². The lowest BCUT2D eigenvalue weighted by molar-refractivity contribution is 0.0949. The lowest BCUT2D eigenvalue weighted by Gasteiger charge is -2.03. The highest BCUT2D eigenvalue weighted by molar-refractivity contribution is 7.15. The Labute approximate surface area is 101 Å². The Morgan fingerprint density at radius 1 is 1.59 bits per heavy atom. The van der Waals surface area contributed by atoms with Crippen molar-refractivity contribution in [2.45, 2.75) is 6.42 Å². The molecule has 0 unspecified atom stereocenters. The molecule has 0 bridgehead atoms. The van der Waals surface area contributed by atoms with Crippen LogP contribution in [0.1, 0.15) is 16.8 Å². The molecule has 7 heteroatoms. The summed E-state index contributed by atoms with van der Waals surface area (Å²) in [7, 11) is 0. The van der Waals surface area contributed by atoms with E-state index >= 15 is 0 Å². The van der Waals surface area contributed by atoms with Crippen molar-refractivity contribution in [2.24, 2.45) is 0 Å². The third-order valence-corrected chi connectivity index (χ3v) is 2.98. The maximum Gasteiger partial charge on any atom is 0.271 e. The van der Waals surface area contributed by atoms with Crippen LogP contribution in [0.15, 0.2) is 22.6 Å². The summed E-state index contributed by atoms with van der Waals surface area (Å²) in [5.41, 5.74) is -0.364. The first-order valence-corrected chi connectivity index (χ1v) is 5.96. The first kappa shape index (κ1) is 11.7. The van der Waals surface area contributed by atoms with Gasteiger partial charge in [-0.1, -0.05) is 0 Å². The smallest absolute Gasteiger partial charge is 0.271 e. The van der Waals surface area contributed by atoms with Gasteiger partial charge in [-0.05, 0) is 6.42 Å². The minimum absolute atomic E-state index is 0.00107. The molecule has 0 saturated carbocycles. The molecule has 2 N–H and O–H groups in total. The zero-order chi connectivity index (χ0) is 12.3. The lowest BCUT2D eigenvalue weighted by atomic mass is 10.3. The first-order chi connectivity index (χ1) is 8.24. The predicted octanol–water partition coefficient (Wildman–Crippen LogP) is -0.132. The molecule has 2 heterocycles. The summed E-state index contributed by atoms with van der Waals surface area (Å²) in [6.45, 7) is 0.336. The molecule has 0 aliphatic carbocycles. The number of nitrogens with one attached hydrogen (secondary N) is 1. The van der Waals surface area contributed by atoms with Crippen LogP contribution in [0, 0.1) is 0 Å². The standard InChI is InChI=1S/C10H11N3O3S/c14-4-1-2-11-8(15)7-6-12-10-13(9(7)16)3-5-17-10/h3,5-6,14H,1-2,4H2,(H,11,15). The molecule has 17 heavy (non-hydrogen) atoms. The number of fused-ring (bicyclic) bond motifs is 1. The SMILES string of the molecule is O=C(NCCCO)c1cnc2sccn2c1=O. The number of nitrogens with zero attached hydrogens (tertiary/aromatic N) is 2. The first-order valence-electron chi connectivity index (χ1n) is 5.08. The van der Waals surface area contributed by atoms with Gasteiger partial charge in [-0.15, -0.1) is 11.3 Å². The molecule has 0 spiro atoms. The minimum Gasteiger partial charge on any atom is -0.396 e. The Bertz CT molecular complexity index is 590. The summed E-state index contributed by atoms with van der Waals surface area (Å²) >= 11 is 1.33. The zero-order valence-electron chi connectivity index (χ0n) is 8.92. The van der Waals surface area contributed by atoms with E-state index in [-0.39, 0.29) is 17.7 Å². The third kappa shape index (κ3) is 2.34. The van der Waals surface area contributed by atoms with E-state index in [9.17, 15) is 9.59 Å². The Morgan fingerprint density at radius 2 is 2.41 bits per heavy atom. The number of aliphatic hydroxyl groups is 1. The van der Waals surface area contributed by atoms with Crippen LogP contribution in [0.2, 0.25) is 0 Å². The van der Waals surface area contributed by atoms with E-state index in [4.69, 9.17) is 5.11 Å². The van der Waals surface area contributed by atoms with Gasteiger partial charge in [-0.25, -0.2) is 4.98 Å². The van der Waals surface area contributed by atoms with E-state index in [1.54, 1.807) is 11.6 Å². The summed E-state index contributed by atoms with van der Waals surface area (Å²) in [5, 5.41) is 12.9. The average molecular weight is 253 g/mol. The number of aliphatic hydroxyl groups excluding tert-OH is 1. The second kappa shape index (κ2) is 5.07. The zero-order valence-corrected chi connectivity index (χ0v) is 9.74. The summed E-state index contributed by atoms with van der Waals surface area (Å²) < 4.78 is 1.34. The average Bonchev–Trinajstić information content (AvgIpc) is 2.78. The quantitative estimate of drug-likeness (QED) is 0.743. The van der Waals surface area contributed by atoms with Crippen LogP contribution in [0.4, 0.5) is 0 Å². The fourth-order valence-corrected chi connectivity index (χ4v) is 2.03. The summed E-state index contributed by atoms with van der Waals surface area (Å²) in [6, 6.07) is 0. The van der Waals surface area contributed by atoms with E-state index < -0.39 is 5.91 Å². The van der Waals surface area contributed by atoms with Crippen LogP contribution >= 0.6 is 11.3 Å². The van der Waals surface area contributed by atoms with Crippen LogP contribution in [0.25, 0.3) is 4.96 Å². The number of rotatable bonds is 4. The van der Waals surface area contributed by atoms with Gasteiger partial charge in [0.25, 0.3) is 11.5 Å². The monoisotopic (exact) mass is 253 g/mol. The molecule has 0 aliphatic rings. The summed E-state index contributed by atoms with van der Waals surface area (Å²) in [6.07, 6.45) is 3.32. The number of aromatic nitrogens is 2. The highest BCUT2D eigenvalue weighted by Gasteiger charge is 2.12. The predicted molar refractivity (Wildman–Crippen MR) is 63.4 cm³/mol. The van der Waals surface area contributed by atoms with Gasteiger partial charge in [0.1, 0.15) is 5.56 Å². The molecular weight excluding hydrogens is 242 g/mol. The largest absolute Gasteiger partial charge is 0.396 e. The molecular formula is C10H11N3O3S. The van der Waals surface area contributed by atoms with E-state index in [1.807, 2.05) is 0 Å². The van der Waals surface area contributed by atoms with Crippen molar-refractivity contribution >= 4 is 22.2 Å². The number of carbonyl (C=O) groups excluding carboxylic acids is 1. The molecule has 0 atom stereocenters. The van der Waals surface area contributed by atoms with Gasteiger partial charge in [-0.3, -0.25) is 14.0 Å². The maximum absolute atomic E-state index is 11.9. The van der Waals surface area contributed by atoms with Gasteiger partial charge in [-0.2, -0.15) is 0 Å². The Balaban J connectivity index is 2.26. The Kier molecular flexibility index (Phi) is 3.50. The van der Waals surface area contributed by atoms with Gasteiger partial charge in [0.2, 0.25) is 0 Å². The fourth-order valence-electron chi connectivity index (χ4n) is 1.36. The molecule has 2 aromatic rings. The lowest BCUT2D eigenvalue weighted by Crippen LogP contribution is -2.32. The summed E-state index contributed by atoms with van der Waals surface area (Å²) in [5.74, 6) is -0.462. The molecule has 0 fully saturated rings. The Morgan fingerprint density at radius 3 is 3.18 bits per heavy atom. The van der Waals surface area contributed by atoms with Gasteiger partial charge < -0.3 is 10.4 Å². The molecule has 2 aromatic heterocycles. The maximum atomic E-state index is 11.9. The second-order valence-electron chi connectivity index (χ2n) is 3.37. The van der Waals surface area contributed by atoms with Crippen LogP contribution in [0.3, 0.4) is 0 Å². The van der Waals surface area contributed by atoms with Gasteiger partial charge >= 0.3 is 0 Å². The fraction of sp³-hybridized carbons (Fsp3) is 0.300. The van der Waals surface area contributed by atoms with Crippen LogP contribution in [-0.2, 0) is 0 Å². The molecule has 1 amide bonds. The normalized spacial score (nSPS) is 10.6. The van der Waals surface area contributed by atoms with E-state index in [0.717, 1.165) is 0 Å². The van der Waals surface area contributed by atoms with Crippen molar-refractivity contribution in [3.05, 3.63) is 33.7 Å². The Hall–Kier alpha value is -1.73. The second-order valence-corrected chi connectivity index (χ2v) is 4.24. The van der Waals surface area contributed by atoms with E-state index in [1.165, 1.54) is 21.9 Å². The molecule has 90 valence electrons.